The third-order valence-corrected chi connectivity index (χ3v) is 4.04. The minimum absolute atomic E-state index is 0.0308. The number of rotatable bonds is 5. The van der Waals surface area contributed by atoms with E-state index < -0.39 is 0 Å². The molecule has 2 N–H and O–H groups in total. The van der Waals surface area contributed by atoms with Crippen molar-refractivity contribution < 1.29 is 9.59 Å². The van der Waals surface area contributed by atoms with Crippen LogP contribution in [0.2, 0.25) is 0 Å². The fraction of sp³-hybridized carbons (Fsp3) is 0.800. The summed E-state index contributed by atoms with van der Waals surface area (Å²) in [4.78, 5) is 24.4. The summed E-state index contributed by atoms with van der Waals surface area (Å²) in [5.41, 5.74) is 5.50. The van der Waals surface area contributed by atoms with E-state index in [0.29, 0.717) is 25.4 Å². The predicted molar refractivity (Wildman–Crippen MR) is 61.5 cm³/mol. The Kier molecular flexibility index (Phi) is 4.60. The van der Waals surface area contributed by atoms with Gasteiger partial charge in [0.2, 0.25) is 11.8 Å². The van der Waals surface area contributed by atoms with Crippen molar-refractivity contribution in [2.75, 3.05) is 18.8 Å². The van der Waals surface area contributed by atoms with Gasteiger partial charge in [-0.25, -0.2) is 0 Å². The number of imide groups is 1. The van der Waals surface area contributed by atoms with Crippen molar-refractivity contribution in [1.29, 1.82) is 0 Å². The maximum absolute atomic E-state index is 11.7. The van der Waals surface area contributed by atoms with Crippen LogP contribution in [0.3, 0.4) is 0 Å². The van der Waals surface area contributed by atoms with Gasteiger partial charge in [0.05, 0.1) is 5.25 Å². The first-order valence-electron chi connectivity index (χ1n) is 5.26. The van der Waals surface area contributed by atoms with Crippen LogP contribution in [0.15, 0.2) is 0 Å². The van der Waals surface area contributed by atoms with Crippen molar-refractivity contribution in [2.45, 2.75) is 25.5 Å². The van der Waals surface area contributed by atoms with Crippen LogP contribution in [0, 0.1) is 5.92 Å². The van der Waals surface area contributed by atoms with E-state index in [1.54, 1.807) is 11.8 Å². The highest BCUT2D eigenvalue weighted by Crippen LogP contribution is 2.26. The molecule has 0 aliphatic carbocycles. The number of hydrogen-bond acceptors (Lipinski definition) is 4. The molecule has 1 aliphatic rings. The highest BCUT2D eigenvalue weighted by atomic mass is 32.2. The Labute approximate surface area is 94.6 Å². The van der Waals surface area contributed by atoms with E-state index in [1.807, 2.05) is 13.8 Å². The molecule has 1 aliphatic heterocycles. The lowest BCUT2D eigenvalue weighted by atomic mass is 10.2. The SMILES string of the molecule is CCN1C(=O)CC(SCC(C)CN)C1=O. The number of hydrogen-bond donors (Lipinski definition) is 1. The number of amides is 2. The molecule has 2 amide bonds. The molecule has 0 aromatic carbocycles. The molecule has 4 nitrogen and oxygen atoms in total. The van der Waals surface area contributed by atoms with Crippen molar-refractivity contribution in [2.24, 2.45) is 11.7 Å². The number of thioether (sulfide) groups is 1. The molecule has 86 valence electrons. The first-order chi connectivity index (χ1) is 7.10. The second-order valence-corrected chi connectivity index (χ2v) is 5.08. The molecule has 0 radical (unpaired) electrons. The third-order valence-electron chi connectivity index (χ3n) is 2.50. The van der Waals surface area contributed by atoms with Crippen LogP contribution in [0.25, 0.3) is 0 Å². The summed E-state index contributed by atoms with van der Waals surface area (Å²) >= 11 is 1.56. The summed E-state index contributed by atoms with van der Waals surface area (Å²) in [6.45, 7) is 4.98. The predicted octanol–water partition coefficient (Wildman–Crippen LogP) is 0.462. The minimum atomic E-state index is -0.175. The monoisotopic (exact) mass is 230 g/mol. The summed E-state index contributed by atoms with van der Waals surface area (Å²) in [7, 11) is 0. The Morgan fingerprint density at radius 1 is 1.60 bits per heavy atom. The van der Waals surface area contributed by atoms with Gasteiger partial charge in [-0.3, -0.25) is 14.5 Å². The lowest BCUT2D eigenvalue weighted by Crippen LogP contribution is -2.31. The number of likely N-dealkylation sites (tertiary alicyclic amines) is 1. The van der Waals surface area contributed by atoms with Gasteiger partial charge in [-0.2, -0.15) is 0 Å². The van der Waals surface area contributed by atoms with Gasteiger partial charge in [-0.1, -0.05) is 6.92 Å². The largest absolute Gasteiger partial charge is 0.330 e. The number of carbonyl (C=O) groups is 2. The van der Waals surface area contributed by atoms with Gasteiger partial charge in [0.1, 0.15) is 0 Å². The first-order valence-corrected chi connectivity index (χ1v) is 6.30. The molecule has 2 unspecified atom stereocenters. The maximum atomic E-state index is 11.7. The summed E-state index contributed by atoms with van der Waals surface area (Å²) in [5.74, 6) is 1.17. The molecular formula is C10H18N2O2S. The Morgan fingerprint density at radius 2 is 2.27 bits per heavy atom. The van der Waals surface area contributed by atoms with Crippen LogP contribution in [-0.4, -0.2) is 40.8 Å². The molecule has 0 aromatic heterocycles. The fourth-order valence-corrected chi connectivity index (χ4v) is 2.69. The average Bonchev–Trinajstić information content (AvgIpc) is 2.50. The van der Waals surface area contributed by atoms with Crippen molar-refractivity contribution in [1.82, 2.24) is 4.90 Å². The average molecular weight is 230 g/mol. The quantitative estimate of drug-likeness (QED) is 0.697. The highest BCUT2D eigenvalue weighted by molar-refractivity contribution is 8.00. The molecule has 0 bridgehead atoms. The normalized spacial score (nSPS) is 23.7. The summed E-state index contributed by atoms with van der Waals surface area (Å²) < 4.78 is 0. The van der Waals surface area contributed by atoms with Crippen molar-refractivity contribution in [3.05, 3.63) is 0 Å². The summed E-state index contributed by atoms with van der Waals surface area (Å²) in [6, 6.07) is 0. The van der Waals surface area contributed by atoms with Crippen LogP contribution in [0.1, 0.15) is 20.3 Å². The molecule has 15 heavy (non-hydrogen) atoms. The Morgan fingerprint density at radius 3 is 2.73 bits per heavy atom. The molecule has 0 aromatic rings. The van der Waals surface area contributed by atoms with Gasteiger partial charge in [-0.15, -0.1) is 11.8 Å². The number of carbonyl (C=O) groups excluding carboxylic acids is 2. The van der Waals surface area contributed by atoms with E-state index in [1.165, 1.54) is 4.90 Å². The second-order valence-electron chi connectivity index (χ2n) is 3.84. The van der Waals surface area contributed by atoms with Crippen molar-refractivity contribution in [3.63, 3.8) is 0 Å². The van der Waals surface area contributed by atoms with Gasteiger partial charge >= 0.3 is 0 Å². The van der Waals surface area contributed by atoms with E-state index in [9.17, 15) is 9.59 Å². The van der Waals surface area contributed by atoms with Gasteiger partial charge in [0, 0.05) is 13.0 Å². The zero-order chi connectivity index (χ0) is 11.4. The van der Waals surface area contributed by atoms with Gasteiger partial charge in [-0.05, 0) is 25.1 Å². The van der Waals surface area contributed by atoms with Gasteiger partial charge in [0.15, 0.2) is 0 Å². The van der Waals surface area contributed by atoms with Crippen LogP contribution < -0.4 is 5.73 Å². The van der Waals surface area contributed by atoms with E-state index >= 15 is 0 Å². The van der Waals surface area contributed by atoms with Crippen LogP contribution in [0.4, 0.5) is 0 Å². The minimum Gasteiger partial charge on any atom is -0.330 e. The van der Waals surface area contributed by atoms with E-state index in [0.717, 1.165) is 5.75 Å². The van der Waals surface area contributed by atoms with Crippen LogP contribution in [0.5, 0.6) is 0 Å². The molecule has 1 rings (SSSR count). The highest BCUT2D eigenvalue weighted by Gasteiger charge is 2.37. The second kappa shape index (κ2) is 5.51. The molecular weight excluding hydrogens is 212 g/mol. The lowest BCUT2D eigenvalue weighted by Gasteiger charge is -2.13. The summed E-state index contributed by atoms with van der Waals surface area (Å²) in [6.07, 6.45) is 0.356. The molecule has 2 atom stereocenters. The summed E-state index contributed by atoms with van der Waals surface area (Å²) in [5, 5.41) is -0.175. The Hall–Kier alpha value is -0.550. The first kappa shape index (κ1) is 12.5. The van der Waals surface area contributed by atoms with Gasteiger partial charge < -0.3 is 5.73 Å². The van der Waals surface area contributed by atoms with Crippen LogP contribution >= 0.6 is 11.8 Å². The third kappa shape index (κ3) is 2.95. The fourth-order valence-electron chi connectivity index (χ4n) is 1.46. The lowest BCUT2D eigenvalue weighted by molar-refractivity contribution is -0.137. The Bertz CT molecular complexity index is 258. The topological polar surface area (TPSA) is 63.4 Å². The molecule has 0 spiro atoms. The van der Waals surface area contributed by atoms with Gasteiger partial charge in [0.25, 0.3) is 0 Å². The maximum Gasteiger partial charge on any atom is 0.242 e. The molecule has 1 saturated heterocycles. The number of nitrogens with zero attached hydrogens (tertiary/aromatic N) is 1. The standard InChI is InChI=1S/C10H18N2O2S/c1-3-12-9(13)4-8(10(12)14)15-6-7(2)5-11/h7-8H,3-6,11H2,1-2H3. The zero-order valence-corrected chi connectivity index (χ0v) is 10.0. The van der Waals surface area contributed by atoms with E-state index in [2.05, 4.69) is 0 Å². The van der Waals surface area contributed by atoms with Crippen molar-refractivity contribution in [3.8, 4) is 0 Å². The molecule has 5 heteroatoms. The van der Waals surface area contributed by atoms with Crippen LogP contribution in [-0.2, 0) is 9.59 Å². The molecule has 1 fully saturated rings. The Balaban J connectivity index is 2.45. The van der Waals surface area contributed by atoms with E-state index in [4.69, 9.17) is 5.73 Å². The number of nitrogens with two attached hydrogens (primary N) is 1. The zero-order valence-electron chi connectivity index (χ0n) is 9.23. The molecule has 1 heterocycles. The van der Waals surface area contributed by atoms with Crippen molar-refractivity contribution >= 4 is 23.6 Å². The molecule has 0 saturated carbocycles. The smallest absolute Gasteiger partial charge is 0.242 e. The van der Waals surface area contributed by atoms with E-state index in [-0.39, 0.29) is 17.1 Å².